The Morgan fingerprint density at radius 2 is 1.50 bits per heavy atom. The zero-order chi connectivity index (χ0) is 23.4. The molecular formula is C27H14Cl2N2O3. The molecule has 4 aromatic carbocycles. The first kappa shape index (κ1) is 20.8. The van der Waals surface area contributed by atoms with Crippen LogP contribution in [0, 0.1) is 0 Å². The highest BCUT2D eigenvalue weighted by atomic mass is 35.5. The first-order valence-corrected chi connectivity index (χ1v) is 11.2. The minimum absolute atomic E-state index is 0.208. The number of hydrogen-bond donors (Lipinski definition) is 0. The maximum absolute atomic E-state index is 12.7. The van der Waals surface area contributed by atoms with Crippen LogP contribution in [0.5, 0.6) is 0 Å². The minimum Gasteiger partial charge on any atom is -0.454 e. The van der Waals surface area contributed by atoms with E-state index in [2.05, 4.69) is 12.1 Å². The van der Waals surface area contributed by atoms with Crippen LogP contribution in [0.4, 0.5) is 0 Å². The van der Waals surface area contributed by atoms with Gasteiger partial charge in [-0.1, -0.05) is 59.6 Å². The highest BCUT2D eigenvalue weighted by Gasteiger charge is 2.24. The number of benzene rings is 4. The molecule has 164 valence electrons. The second kappa shape index (κ2) is 7.90. The van der Waals surface area contributed by atoms with Crippen LogP contribution in [0.25, 0.3) is 44.3 Å². The summed E-state index contributed by atoms with van der Waals surface area (Å²) < 4.78 is 5.24. The molecule has 7 heteroatoms. The topological polar surface area (TPSA) is 69.2 Å². The van der Waals surface area contributed by atoms with Crippen molar-refractivity contribution in [3.63, 3.8) is 0 Å². The molecule has 1 aliphatic rings. The lowest BCUT2D eigenvalue weighted by atomic mass is 10.0. The van der Waals surface area contributed by atoms with Crippen LogP contribution >= 0.6 is 23.2 Å². The molecule has 0 saturated heterocycles. The summed E-state index contributed by atoms with van der Waals surface area (Å²) in [5, 5.41) is 2.89. The first-order chi connectivity index (χ1) is 16.5. The molecule has 5 nitrogen and oxygen atoms in total. The van der Waals surface area contributed by atoms with E-state index in [4.69, 9.17) is 37.9 Å². The Morgan fingerprint density at radius 3 is 2.21 bits per heavy atom. The fourth-order valence-electron chi connectivity index (χ4n) is 4.30. The summed E-state index contributed by atoms with van der Waals surface area (Å²) in [6.07, 6.45) is 0. The Morgan fingerprint density at radius 1 is 0.794 bits per heavy atom. The van der Waals surface area contributed by atoms with Crippen LogP contribution in [-0.4, -0.2) is 28.3 Å². The lowest BCUT2D eigenvalue weighted by Gasteiger charge is -2.08. The quantitative estimate of drug-likeness (QED) is 0.204. The molecule has 34 heavy (non-hydrogen) atoms. The molecule has 0 saturated carbocycles. The van der Waals surface area contributed by atoms with E-state index in [1.165, 1.54) is 12.1 Å². The van der Waals surface area contributed by atoms with E-state index in [-0.39, 0.29) is 16.1 Å². The van der Waals surface area contributed by atoms with E-state index in [1.54, 1.807) is 24.3 Å². The number of carbonyl (C=O) groups excluding carboxylic acids is 2. The molecule has 0 N–H and O–H groups in total. The van der Waals surface area contributed by atoms with Crippen molar-refractivity contribution in [1.29, 1.82) is 0 Å². The Balaban J connectivity index is 1.30. The molecule has 1 aromatic heterocycles. The predicted octanol–water partition coefficient (Wildman–Crippen LogP) is 6.78. The number of esters is 1. The van der Waals surface area contributed by atoms with E-state index in [9.17, 15) is 9.59 Å². The summed E-state index contributed by atoms with van der Waals surface area (Å²) in [4.78, 5) is 34.7. The third-order valence-corrected chi connectivity index (χ3v) is 6.43. The SMILES string of the molecule is O=C(OCC(=O)c1ccc(Cl)cc1Cl)c1ccc2nc3c(nc2c1)-c1cccc2cccc-3c12. The van der Waals surface area contributed by atoms with Gasteiger partial charge in [-0.2, -0.15) is 0 Å². The van der Waals surface area contributed by atoms with Gasteiger partial charge in [0.15, 0.2) is 6.61 Å². The van der Waals surface area contributed by atoms with Crippen LogP contribution in [0.1, 0.15) is 20.7 Å². The molecule has 0 radical (unpaired) electrons. The van der Waals surface area contributed by atoms with Crippen LogP contribution in [0.2, 0.25) is 10.0 Å². The number of nitrogens with zero attached hydrogens (tertiary/aromatic N) is 2. The van der Waals surface area contributed by atoms with Crippen LogP contribution in [0.3, 0.4) is 0 Å². The number of hydrogen-bond acceptors (Lipinski definition) is 5. The van der Waals surface area contributed by atoms with E-state index in [0.717, 1.165) is 33.3 Å². The number of ether oxygens (including phenoxy) is 1. The van der Waals surface area contributed by atoms with Gasteiger partial charge in [-0.05, 0) is 41.8 Å². The standard InChI is InChI=1S/C27H14Cl2N2O3/c28-16-8-9-17(20(29)12-16)23(32)13-34-27(33)15-7-10-21-22(11-15)31-26-19-6-2-4-14-3-1-5-18(24(14)19)25(26)30-21/h1-12H,13H2. The average Bonchev–Trinajstić information content (AvgIpc) is 3.15. The van der Waals surface area contributed by atoms with Gasteiger partial charge in [0.25, 0.3) is 0 Å². The summed E-state index contributed by atoms with van der Waals surface area (Å²) >= 11 is 11.9. The van der Waals surface area contributed by atoms with Crippen molar-refractivity contribution in [2.45, 2.75) is 0 Å². The highest BCUT2D eigenvalue weighted by molar-refractivity contribution is 6.36. The maximum atomic E-state index is 12.7. The average molecular weight is 485 g/mol. The van der Waals surface area contributed by atoms with Crippen LogP contribution in [-0.2, 0) is 4.74 Å². The van der Waals surface area contributed by atoms with Crippen molar-refractivity contribution in [2.75, 3.05) is 6.61 Å². The fraction of sp³-hybridized carbons (Fsp3) is 0.0370. The fourth-order valence-corrected chi connectivity index (χ4v) is 4.81. The third kappa shape index (κ3) is 3.33. The molecule has 0 unspecified atom stereocenters. The van der Waals surface area contributed by atoms with Gasteiger partial charge in [0.05, 0.1) is 33.0 Å². The summed E-state index contributed by atoms with van der Waals surface area (Å²) in [6, 6.07) is 21.8. The van der Waals surface area contributed by atoms with Gasteiger partial charge in [-0.3, -0.25) is 4.79 Å². The van der Waals surface area contributed by atoms with Gasteiger partial charge in [-0.15, -0.1) is 0 Å². The Labute approximate surface area is 203 Å². The summed E-state index contributed by atoms with van der Waals surface area (Å²) in [5.74, 6) is -1.05. The molecule has 0 fully saturated rings. The number of Topliss-reactive ketones (excluding diaryl/α,β-unsaturated/α-hetero) is 1. The molecule has 0 aliphatic heterocycles. The van der Waals surface area contributed by atoms with Crippen molar-refractivity contribution in [3.8, 4) is 22.5 Å². The van der Waals surface area contributed by atoms with Crippen molar-refractivity contribution < 1.29 is 14.3 Å². The first-order valence-electron chi connectivity index (χ1n) is 10.5. The van der Waals surface area contributed by atoms with E-state index >= 15 is 0 Å². The maximum Gasteiger partial charge on any atom is 0.338 e. The van der Waals surface area contributed by atoms with Crippen LogP contribution in [0.15, 0.2) is 72.8 Å². The largest absolute Gasteiger partial charge is 0.454 e. The van der Waals surface area contributed by atoms with Gasteiger partial charge < -0.3 is 4.74 Å². The monoisotopic (exact) mass is 484 g/mol. The molecule has 1 aliphatic carbocycles. The van der Waals surface area contributed by atoms with E-state index in [0.29, 0.717) is 16.1 Å². The molecule has 6 rings (SSSR count). The number of rotatable bonds is 4. The number of aromatic nitrogens is 2. The van der Waals surface area contributed by atoms with Crippen LogP contribution < -0.4 is 0 Å². The van der Waals surface area contributed by atoms with Gasteiger partial charge >= 0.3 is 5.97 Å². The van der Waals surface area contributed by atoms with Gasteiger partial charge in [0.2, 0.25) is 5.78 Å². The van der Waals surface area contributed by atoms with Crippen molar-refractivity contribution in [3.05, 3.63) is 94.0 Å². The molecule has 0 spiro atoms. The molecular weight excluding hydrogens is 471 g/mol. The van der Waals surface area contributed by atoms with E-state index < -0.39 is 18.4 Å². The third-order valence-electron chi connectivity index (χ3n) is 5.88. The Kier molecular flexibility index (Phi) is 4.83. The van der Waals surface area contributed by atoms with Gasteiger partial charge in [0.1, 0.15) is 0 Å². The highest BCUT2D eigenvalue weighted by Crippen LogP contribution is 2.45. The Hall–Kier alpha value is -3.80. The minimum atomic E-state index is -0.631. The zero-order valence-electron chi connectivity index (χ0n) is 17.5. The predicted molar refractivity (Wildman–Crippen MR) is 133 cm³/mol. The number of halogens is 2. The number of carbonyl (C=O) groups is 2. The molecule has 1 heterocycles. The summed E-state index contributed by atoms with van der Waals surface area (Å²) in [5.41, 5.74) is 5.47. The zero-order valence-corrected chi connectivity index (χ0v) is 19.0. The number of ketones is 1. The normalized spacial score (nSPS) is 11.6. The smallest absolute Gasteiger partial charge is 0.338 e. The lowest BCUT2D eigenvalue weighted by molar-refractivity contribution is 0.0475. The van der Waals surface area contributed by atoms with Gasteiger partial charge in [-0.25, -0.2) is 14.8 Å². The second-order valence-corrected chi connectivity index (χ2v) is 8.80. The number of fused-ring (bicyclic) bond motifs is 4. The Bertz CT molecular complexity index is 1680. The van der Waals surface area contributed by atoms with Crippen molar-refractivity contribution >= 4 is 56.8 Å². The van der Waals surface area contributed by atoms with Crippen molar-refractivity contribution in [2.24, 2.45) is 0 Å². The van der Waals surface area contributed by atoms with E-state index in [1.807, 2.05) is 24.3 Å². The second-order valence-electron chi connectivity index (χ2n) is 7.96. The van der Waals surface area contributed by atoms with Gasteiger partial charge in [0, 0.05) is 27.1 Å². The van der Waals surface area contributed by atoms with Crippen molar-refractivity contribution in [1.82, 2.24) is 9.97 Å². The summed E-state index contributed by atoms with van der Waals surface area (Å²) in [6.45, 7) is -0.439. The molecule has 0 bridgehead atoms. The molecule has 0 atom stereocenters. The summed E-state index contributed by atoms with van der Waals surface area (Å²) in [7, 11) is 0. The molecule has 0 amide bonds. The lowest BCUT2D eigenvalue weighted by Crippen LogP contribution is -2.14. The molecule has 5 aromatic rings.